The molecular weight excluding hydrogens is 318 g/mol. The Hall–Kier alpha value is -1.95. The lowest BCUT2D eigenvalue weighted by Gasteiger charge is -2.37. The molecule has 0 radical (unpaired) electrons. The highest BCUT2D eigenvalue weighted by atomic mass is 16.5. The summed E-state index contributed by atoms with van der Waals surface area (Å²) in [6, 6.07) is 0. The molecule has 1 aromatic heterocycles. The fourth-order valence-electron chi connectivity index (χ4n) is 4.22. The Balaban J connectivity index is 1.53. The molecule has 2 unspecified atom stereocenters. The third-order valence-corrected chi connectivity index (χ3v) is 5.65. The van der Waals surface area contributed by atoms with Gasteiger partial charge in [-0.15, -0.1) is 0 Å². The molecule has 2 aliphatic carbocycles. The van der Waals surface area contributed by atoms with Crippen LogP contribution in [-0.2, 0) is 14.9 Å². The zero-order chi connectivity index (χ0) is 17.4. The molecule has 3 aliphatic rings. The standard InChI is InChI=1S/C19H25N3O3/c1-13-11-19(2,12-13)18-20-16(25-21-18)14-5-3-4-6-15(14)17(23)22-7-9-24-10-8-22/h3-4,14-15H,1,5-12H2,2H3. The van der Waals surface area contributed by atoms with Gasteiger partial charge in [-0.05, 0) is 25.7 Å². The average Bonchev–Trinajstić information content (AvgIpc) is 3.11. The van der Waals surface area contributed by atoms with Crippen molar-refractivity contribution >= 4 is 5.91 Å². The smallest absolute Gasteiger partial charge is 0.230 e. The summed E-state index contributed by atoms with van der Waals surface area (Å²) < 4.78 is 11.0. The van der Waals surface area contributed by atoms with Gasteiger partial charge in [-0.1, -0.05) is 36.4 Å². The van der Waals surface area contributed by atoms with Crippen LogP contribution in [0.25, 0.3) is 0 Å². The molecule has 6 nitrogen and oxygen atoms in total. The van der Waals surface area contributed by atoms with Crippen LogP contribution < -0.4 is 0 Å². The number of nitrogens with zero attached hydrogens (tertiary/aromatic N) is 3. The van der Waals surface area contributed by atoms with Gasteiger partial charge in [0, 0.05) is 18.5 Å². The molecule has 2 heterocycles. The van der Waals surface area contributed by atoms with Gasteiger partial charge in [-0.2, -0.15) is 4.98 Å². The van der Waals surface area contributed by atoms with Gasteiger partial charge < -0.3 is 14.2 Å². The molecule has 2 fully saturated rings. The van der Waals surface area contributed by atoms with Crippen molar-refractivity contribution in [3.63, 3.8) is 0 Å². The fourth-order valence-corrected chi connectivity index (χ4v) is 4.22. The predicted octanol–water partition coefficient (Wildman–Crippen LogP) is 2.59. The van der Waals surface area contributed by atoms with Crippen LogP contribution in [-0.4, -0.2) is 47.3 Å². The van der Waals surface area contributed by atoms with Crippen LogP contribution in [0.15, 0.2) is 28.8 Å². The van der Waals surface area contributed by atoms with Crippen molar-refractivity contribution in [2.24, 2.45) is 5.92 Å². The summed E-state index contributed by atoms with van der Waals surface area (Å²) in [6.07, 6.45) is 7.52. The zero-order valence-electron chi connectivity index (χ0n) is 14.7. The van der Waals surface area contributed by atoms with Gasteiger partial charge in [0.2, 0.25) is 11.8 Å². The van der Waals surface area contributed by atoms with E-state index in [-0.39, 0.29) is 23.2 Å². The second-order valence-electron chi connectivity index (χ2n) is 7.71. The minimum absolute atomic E-state index is 0.0338. The van der Waals surface area contributed by atoms with Crippen LogP contribution in [0.3, 0.4) is 0 Å². The minimum atomic E-state index is -0.124. The lowest BCUT2D eigenvalue weighted by Crippen LogP contribution is -2.45. The number of hydrogen-bond acceptors (Lipinski definition) is 5. The van der Waals surface area contributed by atoms with Crippen LogP contribution in [0.1, 0.15) is 50.2 Å². The van der Waals surface area contributed by atoms with Crippen molar-refractivity contribution in [2.45, 2.75) is 43.9 Å². The Morgan fingerprint density at radius 1 is 1.28 bits per heavy atom. The van der Waals surface area contributed by atoms with Crippen molar-refractivity contribution in [3.05, 3.63) is 36.0 Å². The van der Waals surface area contributed by atoms with E-state index in [1.807, 2.05) is 4.90 Å². The number of carbonyl (C=O) groups is 1. The molecule has 1 saturated heterocycles. The van der Waals surface area contributed by atoms with E-state index >= 15 is 0 Å². The molecular formula is C19H25N3O3. The van der Waals surface area contributed by atoms with Crippen LogP contribution in [0, 0.1) is 5.92 Å². The molecule has 1 aromatic rings. The third kappa shape index (κ3) is 3.03. The fraction of sp³-hybridized carbons (Fsp3) is 0.632. The molecule has 6 heteroatoms. The molecule has 0 bridgehead atoms. The van der Waals surface area contributed by atoms with Gasteiger partial charge in [0.05, 0.1) is 25.0 Å². The maximum absolute atomic E-state index is 13.0. The largest absolute Gasteiger partial charge is 0.378 e. The molecule has 0 N–H and O–H groups in total. The summed E-state index contributed by atoms with van der Waals surface area (Å²) in [5.41, 5.74) is 1.17. The van der Waals surface area contributed by atoms with Crippen LogP contribution in [0.5, 0.6) is 0 Å². The van der Waals surface area contributed by atoms with Crippen molar-refractivity contribution < 1.29 is 14.1 Å². The first-order chi connectivity index (χ1) is 12.1. The summed E-state index contributed by atoms with van der Waals surface area (Å²) in [7, 11) is 0. The molecule has 1 saturated carbocycles. The lowest BCUT2D eigenvalue weighted by molar-refractivity contribution is -0.140. The second-order valence-corrected chi connectivity index (χ2v) is 7.71. The molecule has 1 aliphatic heterocycles. The molecule has 0 spiro atoms. The van der Waals surface area contributed by atoms with E-state index in [2.05, 4.69) is 30.8 Å². The third-order valence-electron chi connectivity index (χ3n) is 5.65. The summed E-state index contributed by atoms with van der Waals surface area (Å²) in [6.45, 7) is 8.72. The van der Waals surface area contributed by atoms with Crippen molar-refractivity contribution in [1.29, 1.82) is 0 Å². The SMILES string of the molecule is C=C1CC(C)(c2noc(C3CC=CCC3C(=O)N3CCOCC3)n2)C1. The first-order valence-electron chi connectivity index (χ1n) is 9.09. The predicted molar refractivity (Wildman–Crippen MR) is 92.0 cm³/mol. The topological polar surface area (TPSA) is 68.5 Å². The number of rotatable bonds is 3. The number of ether oxygens (including phenoxy) is 1. The molecule has 1 amide bonds. The van der Waals surface area contributed by atoms with E-state index in [0.717, 1.165) is 31.5 Å². The highest BCUT2D eigenvalue weighted by Gasteiger charge is 2.42. The van der Waals surface area contributed by atoms with Crippen LogP contribution in [0.2, 0.25) is 0 Å². The van der Waals surface area contributed by atoms with Gasteiger partial charge in [0.15, 0.2) is 5.82 Å². The summed E-state index contributed by atoms with van der Waals surface area (Å²) in [5.74, 6) is 1.38. The summed E-state index contributed by atoms with van der Waals surface area (Å²) in [4.78, 5) is 19.6. The summed E-state index contributed by atoms with van der Waals surface area (Å²) in [5, 5.41) is 4.23. The number of allylic oxidation sites excluding steroid dienone is 3. The van der Waals surface area contributed by atoms with Gasteiger partial charge in [0.1, 0.15) is 0 Å². The molecule has 134 valence electrons. The first-order valence-corrected chi connectivity index (χ1v) is 9.09. The number of hydrogen-bond donors (Lipinski definition) is 0. The minimum Gasteiger partial charge on any atom is -0.378 e. The Morgan fingerprint density at radius 2 is 2.00 bits per heavy atom. The van der Waals surface area contributed by atoms with Crippen molar-refractivity contribution in [3.8, 4) is 0 Å². The molecule has 0 aromatic carbocycles. The lowest BCUT2D eigenvalue weighted by atomic mass is 9.67. The van der Waals surface area contributed by atoms with Gasteiger partial charge in [-0.3, -0.25) is 4.79 Å². The molecule has 25 heavy (non-hydrogen) atoms. The normalized spacial score (nSPS) is 28.7. The number of carbonyl (C=O) groups excluding carboxylic acids is 1. The molecule has 4 rings (SSSR count). The number of amides is 1. The Labute approximate surface area is 147 Å². The Kier molecular flexibility index (Phi) is 4.23. The number of aromatic nitrogens is 2. The van der Waals surface area contributed by atoms with E-state index in [0.29, 0.717) is 32.2 Å². The van der Waals surface area contributed by atoms with E-state index in [4.69, 9.17) is 14.2 Å². The quantitative estimate of drug-likeness (QED) is 0.789. The van der Waals surface area contributed by atoms with Gasteiger partial charge in [-0.25, -0.2) is 0 Å². The van der Waals surface area contributed by atoms with Crippen molar-refractivity contribution in [1.82, 2.24) is 15.0 Å². The average molecular weight is 343 g/mol. The highest BCUT2D eigenvalue weighted by Crippen LogP contribution is 2.45. The maximum atomic E-state index is 13.0. The second kappa shape index (κ2) is 6.41. The van der Waals surface area contributed by atoms with Crippen molar-refractivity contribution in [2.75, 3.05) is 26.3 Å². The Morgan fingerprint density at radius 3 is 2.72 bits per heavy atom. The first kappa shape index (κ1) is 16.5. The summed E-state index contributed by atoms with van der Waals surface area (Å²) >= 11 is 0. The number of morpholine rings is 1. The van der Waals surface area contributed by atoms with Crippen LogP contribution >= 0.6 is 0 Å². The van der Waals surface area contributed by atoms with E-state index in [1.54, 1.807) is 0 Å². The van der Waals surface area contributed by atoms with Gasteiger partial charge >= 0.3 is 0 Å². The maximum Gasteiger partial charge on any atom is 0.230 e. The monoisotopic (exact) mass is 343 g/mol. The van der Waals surface area contributed by atoms with Crippen LogP contribution in [0.4, 0.5) is 0 Å². The van der Waals surface area contributed by atoms with E-state index < -0.39 is 0 Å². The Bertz CT molecular complexity index is 695. The van der Waals surface area contributed by atoms with E-state index in [9.17, 15) is 4.79 Å². The molecule has 2 atom stereocenters. The van der Waals surface area contributed by atoms with E-state index in [1.165, 1.54) is 5.57 Å². The zero-order valence-corrected chi connectivity index (χ0v) is 14.7. The van der Waals surface area contributed by atoms with Gasteiger partial charge in [0.25, 0.3) is 0 Å². The highest BCUT2D eigenvalue weighted by molar-refractivity contribution is 5.80.